The van der Waals surface area contributed by atoms with E-state index in [-0.39, 0.29) is 11.2 Å². The van der Waals surface area contributed by atoms with Gasteiger partial charge in [0.05, 0.1) is 18.0 Å². The molecule has 1 heterocycles. The average Bonchev–Trinajstić information content (AvgIpc) is 2.97. The Labute approximate surface area is 159 Å². The van der Waals surface area contributed by atoms with Crippen LogP contribution < -0.4 is 0 Å². The second-order valence-electron chi connectivity index (χ2n) is 6.20. The summed E-state index contributed by atoms with van der Waals surface area (Å²) in [6.07, 6.45) is 4.73. The molecule has 0 saturated carbocycles. The maximum absolute atomic E-state index is 12.8. The highest BCUT2D eigenvalue weighted by atomic mass is 32.2. The van der Waals surface area contributed by atoms with E-state index in [1.807, 2.05) is 60.7 Å². The highest BCUT2D eigenvalue weighted by Crippen LogP contribution is 2.32. The molecule has 26 heavy (non-hydrogen) atoms. The van der Waals surface area contributed by atoms with Crippen molar-refractivity contribution in [1.82, 2.24) is 4.90 Å². The number of carbonyl (C=O) groups excluding carboxylic acids is 1. The van der Waals surface area contributed by atoms with Gasteiger partial charge in [-0.15, -0.1) is 5.10 Å². The van der Waals surface area contributed by atoms with Crippen molar-refractivity contribution in [3.8, 4) is 0 Å². The summed E-state index contributed by atoms with van der Waals surface area (Å²) in [4.78, 5) is 14.6. The first kappa shape index (κ1) is 18.4. The Bertz CT molecular complexity index is 774. The summed E-state index contributed by atoms with van der Waals surface area (Å²) in [5, 5.41) is 9.21. The van der Waals surface area contributed by atoms with Gasteiger partial charge in [-0.25, -0.2) is 0 Å². The molecule has 1 saturated heterocycles. The molecule has 2 aromatic carbocycles. The van der Waals surface area contributed by atoms with E-state index >= 15 is 0 Å². The summed E-state index contributed by atoms with van der Waals surface area (Å²) in [5.41, 5.74) is 2.08. The number of amidine groups is 1. The third-order valence-electron chi connectivity index (χ3n) is 4.17. The maximum Gasteiger partial charge on any atom is 0.242 e. The van der Waals surface area contributed by atoms with Crippen molar-refractivity contribution in [3.05, 3.63) is 71.8 Å². The molecule has 1 aliphatic rings. The van der Waals surface area contributed by atoms with Gasteiger partial charge in [0.2, 0.25) is 5.91 Å². The van der Waals surface area contributed by atoms with Crippen molar-refractivity contribution in [2.45, 2.75) is 38.0 Å². The van der Waals surface area contributed by atoms with E-state index in [2.05, 4.69) is 17.1 Å². The molecule has 1 unspecified atom stereocenters. The lowest BCUT2D eigenvalue weighted by Crippen LogP contribution is -2.31. The number of hydrogen-bond acceptors (Lipinski definition) is 4. The number of benzene rings is 2. The first-order chi connectivity index (χ1) is 12.8. The number of carbonyl (C=O) groups is 1. The Kier molecular flexibility index (Phi) is 6.61. The van der Waals surface area contributed by atoms with Gasteiger partial charge in [0.1, 0.15) is 0 Å². The first-order valence-corrected chi connectivity index (χ1v) is 9.84. The van der Waals surface area contributed by atoms with Gasteiger partial charge in [-0.2, -0.15) is 5.10 Å². The van der Waals surface area contributed by atoms with Crippen molar-refractivity contribution in [2.24, 2.45) is 10.2 Å². The fraction of sp³-hybridized carbons (Fsp3) is 0.286. The second kappa shape index (κ2) is 9.34. The third-order valence-corrected chi connectivity index (χ3v) is 5.41. The van der Waals surface area contributed by atoms with Crippen LogP contribution in [0, 0.1) is 0 Å². The van der Waals surface area contributed by atoms with E-state index in [4.69, 9.17) is 0 Å². The molecular weight excluding hydrogens is 342 g/mol. The minimum atomic E-state index is -0.0515. The van der Waals surface area contributed by atoms with Crippen LogP contribution in [0.1, 0.15) is 37.3 Å². The molecule has 1 atom stereocenters. The van der Waals surface area contributed by atoms with E-state index in [0.717, 1.165) is 30.4 Å². The van der Waals surface area contributed by atoms with Crippen LogP contribution in [-0.2, 0) is 11.3 Å². The molecule has 1 fully saturated rings. The van der Waals surface area contributed by atoms with Gasteiger partial charge in [0, 0.05) is 0 Å². The normalized spacial score (nSPS) is 19.0. The molecule has 1 amide bonds. The summed E-state index contributed by atoms with van der Waals surface area (Å²) < 4.78 is 0. The highest BCUT2D eigenvalue weighted by Gasteiger charge is 2.37. The molecule has 3 rings (SSSR count). The fourth-order valence-electron chi connectivity index (χ4n) is 2.75. The monoisotopic (exact) mass is 365 g/mol. The lowest BCUT2D eigenvalue weighted by atomic mass is 10.1. The second-order valence-corrected chi connectivity index (χ2v) is 7.37. The molecule has 0 N–H and O–H groups in total. The van der Waals surface area contributed by atoms with Crippen LogP contribution >= 0.6 is 11.8 Å². The van der Waals surface area contributed by atoms with Gasteiger partial charge in [0.25, 0.3) is 0 Å². The minimum Gasteiger partial charge on any atom is -0.284 e. The van der Waals surface area contributed by atoms with Crippen LogP contribution in [0.3, 0.4) is 0 Å². The topological polar surface area (TPSA) is 45.0 Å². The zero-order valence-corrected chi connectivity index (χ0v) is 15.7. The van der Waals surface area contributed by atoms with Crippen molar-refractivity contribution >= 4 is 29.1 Å². The molecule has 0 aromatic heterocycles. The van der Waals surface area contributed by atoms with Crippen molar-refractivity contribution in [3.63, 3.8) is 0 Å². The number of nitrogens with zero attached hydrogens (tertiary/aromatic N) is 3. The van der Waals surface area contributed by atoms with Crippen LogP contribution in [-0.4, -0.2) is 27.4 Å². The highest BCUT2D eigenvalue weighted by molar-refractivity contribution is 8.15. The summed E-state index contributed by atoms with van der Waals surface area (Å²) in [5.74, 6) is 0.140. The Hall–Kier alpha value is -2.40. The van der Waals surface area contributed by atoms with Crippen LogP contribution in [0.5, 0.6) is 0 Å². The minimum absolute atomic E-state index is 0.0515. The largest absolute Gasteiger partial charge is 0.284 e. The lowest BCUT2D eigenvalue weighted by molar-refractivity contribution is -0.126. The van der Waals surface area contributed by atoms with E-state index in [0.29, 0.717) is 11.7 Å². The van der Waals surface area contributed by atoms with Gasteiger partial charge in [-0.1, -0.05) is 92.2 Å². The lowest BCUT2D eigenvalue weighted by Gasteiger charge is -2.15. The Morgan fingerprint density at radius 1 is 1.08 bits per heavy atom. The van der Waals surface area contributed by atoms with Crippen molar-refractivity contribution in [1.29, 1.82) is 0 Å². The van der Waals surface area contributed by atoms with E-state index < -0.39 is 0 Å². The molecular formula is C21H23N3OS. The summed E-state index contributed by atoms with van der Waals surface area (Å²) in [6.45, 7) is 2.68. The number of amides is 1. The zero-order valence-electron chi connectivity index (χ0n) is 14.9. The summed E-state index contributed by atoms with van der Waals surface area (Å²) in [6, 6.07) is 19.9. The molecule has 2 aromatic rings. The molecule has 1 aliphatic heterocycles. The zero-order chi connectivity index (χ0) is 18.2. The number of rotatable bonds is 7. The van der Waals surface area contributed by atoms with Crippen LogP contribution in [0.2, 0.25) is 0 Å². The van der Waals surface area contributed by atoms with E-state index in [1.54, 1.807) is 11.1 Å². The molecule has 0 radical (unpaired) electrons. The Morgan fingerprint density at radius 3 is 2.46 bits per heavy atom. The standard InChI is InChI=1S/C21H23N3OS/c1-2-3-14-19-20(25)24(16-18-12-8-5-9-13-18)21(26-19)23-22-15-17-10-6-4-7-11-17/h4-13,15,19H,2-3,14,16H2,1H3. The molecule has 0 bridgehead atoms. The third kappa shape index (κ3) is 4.82. The molecule has 0 aliphatic carbocycles. The van der Waals surface area contributed by atoms with Gasteiger partial charge < -0.3 is 0 Å². The van der Waals surface area contributed by atoms with E-state index in [9.17, 15) is 4.79 Å². The smallest absolute Gasteiger partial charge is 0.242 e. The maximum atomic E-state index is 12.8. The van der Waals surface area contributed by atoms with E-state index in [1.165, 1.54) is 11.8 Å². The number of thioether (sulfide) groups is 1. The van der Waals surface area contributed by atoms with Gasteiger partial charge in [-0.05, 0) is 17.5 Å². The van der Waals surface area contributed by atoms with Crippen molar-refractivity contribution < 1.29 is 4.79 Å². The Morgan fingerprint density at radius 2 is 1.77 bits per heavy atom. The molecule has 0 spiro atoms. The predicted molar refractivity (Wildman–Crippen MR) is 109 cm³/mol. The SMILES string of the molecule is CCCCC1SC(=NN=Cc2ccccc2)N(Cc2ccccc2)C1=O. The van der Waals surface area contributed by atoms with Crippen LogP contribution in [0.15, 0.2) is 70.9 Å². The molecule has 4 nitrogen and oxygen atoms in total. The van der Waals surface area contributed by atoms with Crippen LogP contribution in [0.4, 0.5) is 0 Å². The number of unbranched alkanes of at least 4 members (excludes halogenated alkanes) is 1. The van der Waals surface area contributed by atoms with Crippen LogP contribution in [0.25, 0.3) is 0 Å². The summed E-state index contributed by atoms with van der Waals surface area (Å²) in [7, 11) is 0. The first-order valence-electron chi connectivity index (χ1n) is 8.96. The number of hydrogen-bond donors (Lipinski definition) is 0. The van der Waals surface area contributed by atoms with Gasteiger partial charge in [0.15, 0.2) is 5.17 Å². The quantitative estimate of drug-likeness (QED) is 0.527. The average molecular weight is 366 g/mol. The van der Waals surface area contributed by atoms with Gasteiger partial charge >= 0.3 is 0 Å². The molecule has 5 heteroatoms. The van der Waals surface area contributed by atoms with Crippen molar-refractivity contribution in [2.75, 3.05) is 0 Å². The van der Waals surface area contributed by atoms with Gasteiger partial charge in [-0.3, -0.25) is 9.69 Å². The fourth-order valence-corrected chi connectivity index (χ4v) is 3.90. The Balaban J connectivity index is 1.78. The summed E-state index contributed by atoms with van der Waals surface area (Å²) >= 11 is 1.53. The predicted octanol–water partition coefficient (Wildman–Crippen LogP) is 4.71. The molecule has 134 valence electrons.